The SMILES string of the molecule is CS(=O)(=O)CCCn1c(CCCl)nc2c(F)cc(F)cc21. The number of nitrogens with zero attached hydrogens (tertiary/aromatic N) is 2. The molecule has 0 N–H and O–H groups in total. The summed E-state index contributed by atoms with van der Waals surface area (Å²) in [7, 11) is -3.08. The van der Waals surface area contributed by atoms with Crippen LogP contribution in [-0.4, -0.2) is 35.9 Å². The van der Waals surface area contributed by atoms with E-state index in [1.165, 1.54) is 6.07 Å². The fourth-order valence-electron chi connectivity index (χ4n) is 2.21. The van der Waals surface area contributed by atoms with E-state index in [1.807, 2.05) is 0 Å². The summed E-state index contributed by atoms with van der Waals surface area (Å²) in [6, 6.07) is 1.98. The van der Waals surface area contributed by atoms with E-state index >= 15 is 0 Å². The third-order valence-electron chi connectivity index (χ3n) is 3.07. The summed E-state index contributed by atoms with van der Waals surface area (Å²) in [5.41, 5.74) is 0.400. The first-order valence-electron chi connectivity index (χ1n) is 6.39. The van der Waals surface area contributed by atoms with E-state index in [0.29, 0.717) is 36.6 Å². The van der Waals surface area contributed by atoms with Gasteiger partial charge in [0.05, 0.1) is 11.3 Å². The quantitative estimate of drug-likeness (QED) is 0.762. The van der Waals surface area contributed by atoms with Gasteiger partial charge in [0.1, 0.15) is 27.0 Å². The van der Waals surface area contributed by atoms with Crippen LogP contribution in [-0.2, 0) is 22.8 Å². The summed E-state index contributed by atoms with van der Waals surface area (Å²) in [4.78, 5) is 4.15. The molecule has 0 aliphatic heterocycles. The molecule has 21 heavy (non-hydrogen) atoms. The number of halogens is 3. The van der Waals surface area contributed by atoms with Crippen LogP contribution in [0.4, 0.5) is 8.78 Å². The van der Waals surface area contributed by atoms with Crippen molar-refractivity contribution in [2.24, 2.45) is 0 Å². The smallest absolute Gasteiger partial charge is 0.153 e. The molecule has 8 heteroatoms. The lowest BCUT2D eigenvalue weighted by molar-refractivity contribution is 0.585. The van der Waals surface area contributed by atoms with Crippen LogP contribution in [0.25, 0.3) is 11.0 Å². The first kappa shape index (κ1) is 16.2. The summed E-state index contributed by atoms with van der Waals surface area (Å²) in [6.07, 6.45) is 1.89. The van der Waals surface area contributed by atoms with Crippen molar-refractivity contribution >= 4 is 32.5 Å². The maximum atomic E-state index is 13.7. The predicted molar refractivity (Wildman–Crippen MR) is 78.4 cm³/mol. The molecule has 0 saturated heterocycles. The molecule has 0 radical (unpaired) electrons. The third-order valence-corrected chi connectivity index (χ3v) is 4.29. The van der Waals surface area contributed by atoms with Gasteiger partial charge >= 0.3 is 0 Å². The third kappa shape index (κ3) is 3.91. The Bertz CT molecular complexity index is 759. The number of aryl methyl sites for hydroxylation is 2. The molecule has 4 nitrogen and oxygen atoms in total. The lowest BCUT2D eigenvalue weighted by atomic mass is 10.3. The number of fused-ring (bicyclic) bond motifs is 1. The molecule has 2 rings (SSSR count). The van der Waals surface area contributed by atoms with Crippen molar-refractivity contribution in [1.82, 2.24) is 9.55 Å². The molecular weight excluding hydrogens is 322 g/mol. The van der Waals surface area contributed by atoms with Crippen LogP contribution in [0.15, 0.2) is 12.1 Å². The van der Waals surface area contributed by atoms with Crippen LogP contribution in [0.5, 0.6) is 0 Å². The van der Waals surface area contributed by atoms with Gasteiger partial charge in [0, 0.05) is 31.2 Å². The van der Waals surface area contributed by atoms with Gasteiger partial charge in [-0.15, -0.1) is 11.6 Å². The highest BCUT2D eigenvalue weighted by Crippen LogP contribution is 2.22. The van der Waals surface area contributed by atoms with Crippen LogP contribution >= 0.6 is 11.6 Å². The Labute approximate surface area is 126 Å². The minimum atomic E-state index is -3.08. The Kier molecular flexibility index (Phi) is 4.83. The van der Waals surface area contributed by atoms with Crippen molar-refractivity contribution in [1.29, 1.82) is 0 Å². The Morgan fingerprint density at radius 2 is 2.05 bits per heavy atom. The van der Waals surface area contributed by atoms with E-state index in [9.17, 15) is 17.2 Å². The van der Waals surface area contributed by atoms with Gasteiger partial charge in [-0.2, -0.15) is 0 Å². The number of benzene rings is 1. The standard InChI is InChI=1S/C13H15ClF2N2O2S/c1-21(19,20)6-2-5-18-11-8-9(15)7-10(16)13(11)17-12(18)3-4-14/h7-8H,2-6H2,1H3. The lowest BCUT2D eigenvalue weighted by Crippen LogP contribution is -2.10. The molecule has 2 aromatic rings. The fraction of sp³-hybridized carbons (Fsp3) is 0.462. The number of alkyl halides is 1. The number of hydrogen-bond donors (Lipinski definition) is 0. The zero-order chi connectivity index (χ0) is 15.6. The highest BCUT2D eigenvalue weighted by molar-refractivity contribution is 7.90. The van der Waals surface area contributed by atoms with Crippen molar-refractivity contribution in [2.45, 2.75) is 19.4 Å². The number of hydrogen-bond acceptors (Lipinski definition) is 3. The van der Waals surface area contributed by atoms with Crippen molar-refractivity contribution in [2.75, 3.05) is 17.9 Å². The molecule has 0 aliphatic carbocycles. The van der Waals surface area contributed by atoms with E-state index in [-0.39, 0.29) is 11.3 Å². The zero-order valence-electron chi connectivity index (χ0n) is 11.4. The Hall–Kier alpha value is -1.21. The Balaban J connectivity index is 2.40. The average Bonchev–Trinajstić information content (AvgIpc) is 2.67. The summed E-state index contributed by atoms with van der Waals surface area (Å²) < 4.78 is 51.1. The van der Waals surface area contributed by atoms with Crippen molar-refractivity contribution in [3.05, 3.63) is 29.6 Å². The van der Waals surface area contributed by atoms with Crippen LogP contribution < -0.4 is 0 Å². The van der Waals surface area contributed by atoms with Gasteiger partial charge in [0.2, 0.25) is 0 Å². The molecule has 116 valence electrons. The summed E-state index contributed by atoms with van der Waals surface area (Å²) >= 11 is 5.70. The minimum Gasteiger partial charge on any atom is -0.328 e. The predicted octanol–water partition coefficient (Wildman–Crippen LogP) is 2.53. The second-order valence-corrected chi connectivity index (χ2v) is 7.50. The molecular formula is C13H15ClF2N2O2S. The first-order chi connectivity index (χ1) is 9.81. The second-order valence-electron chi connectivity index (χ2n) is 4.86. The molecule has 0 atom stereocenters. The molecule has 0 unspecified atom stereocenters. The first-order valence-corrected chi connectivity index (χ1v) is 8.99. The lowest BCUT2D eigenvalue weighted by Gasteiger charge is -2.08. The van der Waals surface area contributed by atoms with Gasteiger partial charge in [0.25, 0.3) is 0 Å². The Morgan fingerprint density at radius 3 is 2.67 bits per heavy atom. The molecule has 0 aliphatic rings. The molecule has 0 fully saturated rings. The van der Waals surface area contributed by atoms with Gasteiger partial charge in [-0.05, 0) is 12.5 Å². The summed E-state index contributed by atoms with van der Waals surface area (Å²) in [5.74, 6) is -0.605. The van der Waals surface area contributed by atoms with E-state index < -0.39 is 21.5 Å². The maximum absolute atomic E-state index is 13.7. The van der Waals surface area contributed by atoms with Gasteiger partial charge in [-0.3, -0.25) is 0 Å². The van der Waals surface area contributed by atoms with Gasteiger partial charge in [-0.1, -0.05) is 0 Å². The van der Waals surface area contributed by atoms with Crippen molar-refractivity contribution < 1.29 is 17.2 Å². The Morgan fingerprint density at radius 1 is 1.33 bits per heavy atom. The molecule has 1 aromatic heterocycles. The minimum absolute atomic E-state index is 0.00475. The van der Waals surface area contributed by atoms with Gasteiger partial charge in [0.15, 0.2) is 5.82 Å². The van der Waals surface area contributed by atoms with E-state index in [4.69, 9.17) is 11.6 Å². The highest BCUT2D eigenvalue weighted by Gasteiger charge is 2.15. The van der Waals surface area contributed by atoms with E-state index in [1.54, 1.807) is 4.57 Å². The zero-order valence-corrected chi connectivity index (χ0v) is 13.0. The highest BCUT2D eigenvalue weighted by atomic mass is 35.5. The number of rotatable bonds is 6. The van der Waals surface area contributed by atoms with Crippen LogP contribution in [0.1, 0.15) is 12.2 Å². The molecule has 0 spiro atoms. The fourth-order valence-corrected chi connectivity index (χ4v) is 3.03. The van der Waals surface area contributed by atoms with Gasteiger partial charge < -0.3 is 4.57 Å². The summed E-state index contributed by atoms with van der Waals surface area (Å²) in [5, 5.41) is 0. The van der Waals surface area contributed by atoms with Crippen LogP contribution in [0, 0.1) is 11.6 Å². The molecule has 0 saturated carbocycles. The molecule has 1 heterocycles. The van der Waals surface area contributed by atoms with E-state index in [2.05, 4.69) is 4.98 Å². The maximum Gasteiger partial charge on any atom is 0.153 e. The van der Waals surface area contributed by atoms with E-state index in [0.717, 1.165) is 12.3 Å². The van der Waals surface area contributed by atoms with Crippen LogP contribution in [0.3, 0.4) is 0 Å². The summed E-state index contributed by atoms with van der Waals surface area (Å²) in [6.45, 7) is 0.318. The number of sulfone groups is 1. The van der Waals surface area contributed by atoms with Crippen molar-refractivity contribution in [3.63, 3.8) is 0 Å². The molecule has 0 bridgehead atoms. The van der Waals surface area contributed by atoms with Crippen LogP contribution in [0.2, 0.25) is 0 Å². The molecule has 1 aromatic carbocycles. The average molecular weight is 337 g/mol. The molecule has 0 amide bonds. The van der Waals surface area contributed by atoms with Gasteiger partial charge in [-0.25, -0.2) is 22.2 Å². The normalized spacial score (nSPS) is 12.2. The monoisotopic (exact) mass is 336 g/mol. The number of imidazole rings is 1. The van der Waals surface area contributed by atoms with Crippen molar-refractivity contribution in [3.8, 4) is 0 Å². The second kappa shape index (κ2) is 6.27. The number of aromatic nitrogens is 2. The largest absolute Gasteiger partial charge is 0.328 e. The topological polar surface area (TPSA) is 52.0 Å².